The molecule has 8 aliphatic carbocycles. The summed E-state index contributed by atoms with van der Waals surface area (Å²) in [6, 6.07) is -1.66. The van der Waals surface area contributed by atoms with Gasteiger partial charge in [0.25, 0.3) is 11.1 Å². The molecule has 594 valence electrons. The molecule has 0 aromatic carbocycles. The zero-order valence-electron chi connectivity index (χ0n) is 64.8. The number of nitrogens with one attached hydrogen (secondary N) is 4. The van der Waals surface area contributed by atoms with Crippen LogP contribution in [0.5, 0.6) is 0 Å². The molecule has 2 spiro atoms. The van der Waals surface area contributed by atoms with Crippen molar-refractivity contribution in [2.75, 3.05) is 39.5 Å². The van der Waals surface area contributed by atoms with E-state index in [1.165, 1.54) is 32.7 Å². The van der Waals surface area contributed by atoms with Crippen LogP contribution in [0.3, 0.4) is 0 Å². The Hall–Kier alpha value is -4.56. The fourth-order valence-electron chi connectivity index (χ4n) is 25.2. The summed E-state index contributed by atoms with van der Waals surface area (Å²) in [7, 11) is -8.49. The average molecular weight is 1540 g/mol. The van der Waals surface area contributed by atoms with Crippen molar-refractivity contribution in [2.24, 2.45) is 103 Å². The van der Waals surface area contributed by atoms with Crippen LogP contribution in [0.15, 0.2) is 65.1 Å². The topological polar surface area (TPSA) is 358 Å². The van der Waals surface area contributed by atoms with Gasteiger partial charge in [-0.1, -0.05) is 88.9 Å². The van der Waals surface area contributed by atoms with Crippen LogP contribution in [0.4, 0.5) is 0 Å². The van der Waals surface area contributed by atoms with Gasteiger partial charge >= 0.3 is 26.9 Å². The lowest BCUT2D eigenvalue weighted by molar-refractivity contribution is -0.272. The Kier molecular flexibility index (Phi) is 21.0. The smallest absolute Gasteiger partial charge is 0.352 e. The van der Waals surface area contributed by atoms with Crippen LogP contribution in [-0.2, 0) is 55.6 Å². The first kappa shape index (κ1) is 77.4. The minimum atomic E-state index is -4.24. The zero-order valence-corrected chi connectivity index (χ0v) is 66.6. The summed E-state index contributed by atoms with van der Waals surface area (Å²) in [5.74, 6) is 4.82. The van der Waals surface area contributed by atoms with E-state index in [1.807, 2.05) is 0 Å². The number of aromatic nitrogens is 4. The van der Waals surface area contributed by atoms with Gasteiger partial charge in [-0.15, -0.1) is 0 Å². The standard InChI is InChI=1S/C78H116N12O16P2/c1-43-17-27-77(97-39-43)47(5)67-61(103-77)33-57-53-15-13-49-31-51(19-23-73(49,7)55(53)21-25-75(57,67)9)105-107(95,99-41-63-59(85-87-79)35-65(101-63)89-37-45(3)69(91)83-71(89)93)81-29-11-12-30-82-108(96,100-42-64-60(86-88-80)36-66(102-64)90-38-46(4)70(92)84-72(90)94)106-52-20-24-74(8)50(32-52)14-16-54-56(74)22-26-76(10)58(54)34-62-68(76)48(6)78(104-62)28-18-44(2)40-98-78/h13-14,37-38,43-44,47-48,51-68H,11-12,15-36,39-42H2,1-10H3,(H,81,95)(H,82,96)(H,83,91,93)(H,84,92,94)/t43-,44-,47+,48+,51?,52?,53-,54-,55+,56+,57+,58+,59+,60+,61+,62+,63-,64-,65-,66-,67+,68+,73+,74+,75+,76+,77-,78-,107?,108?/m1/s1. The summed E-state index contributed by atoms with van der Waals surface area (Å²) in [5, 5.41) is 14.4. The van der Waals surface area contributed by atoms with Gasteiger partial charge < -0.3 is 28.4 Å². The third kappa shape index (κ3) is 13.6. The Labute approximate surface area is 632 Å². The molecular formula is C78H116N12O16P2. The number of azide groups is 2. The molecule has 2 aromatic rings. The molecule has 0 radical (unpaired) electrons. The molecule has 6 saturated heterocycles. The van der Waals surface area contributed by atoms with Gasteiger partial charge in [0.15, 0.2) is 11.6 Å². The van der Waals surface area contributed by atoms with Gasteiger partial charge in [-0.2, -0.15) is 0 Å². The van der Waals surface area contributed by atoms with E-state index in [4.69, 9.17) is 46.5 Å². The van der Waals surface area contributed by atoms with Crippen molar-refractivity contribution >= 4 is 15.5 Å². The molecule has 0 bridgehead atoms. The molecule has 6 saturated carbocycles. The summed E-state index contributed by atoms with van der Waals surface area (Å²) in [6.45, 7) is 23.6. The molecule has 0 amide bonds. The van der Waals surface area contributed by atoms with Crippen molar-refractivity contribution in [1.29, 1.82) is 0 Å². The summed E-state index contributed by atoms with van der Waals surface area (Å²) in [5.41, 5.74) is 20.5. The molecule has 8 heterocycles. The van der Waals surface area contributed by atoms with Crippen LogP contribution >= 0.6 is 15.5 Å². The monoisotopic (exact) mass is 1540 g/mol. The van der Waals surface area contributed by atoms with E-state index < -0.39 is 98.5 Å². The third-order valence-electron chi connectivity index (χ3n) is 31.0. The molecule has 16 rings (SSSR count). The number of nitrogens with zero attached hydrogens (tertiary/aromatic N) is 8. The number of allylic oxidation sites excluding steroid dienone is 2. The predicted octanol–water partition coefficient (Wildman–Crippen LogP) is 14.3. The number of fused-ring (bicyclic) bond motifs is 14. The highest BCUT2D eigenvalue weighted by Gasteiger charge is 2.71. The normalized spacial score (nSPS) is 45.2. The lowest BCUT2D eigenvalue weighted by atomic mass is 9.47. The number of rotatable bonds is 21. The number of unbranched alkanes of at least 4 members (excludes halogenated alkanes) is 1. The molecule has 6 aliphatic heterocycles. The van der Waals surface area contributed by atoms with E-state index in [-0.39, 0.29) is 84.1 Å². The predicted molar refractivity (Wildman–Crippen MR) is 401 cm³/mol. The first-order valence-electron chi connectivity index (χ1n) is 41.0. The highest BCUT2D eigenvalue weighted by molar-refractivity contribution is 7.52. The summed E-state index contributed by atoms with van der Waals surface area (Å²) >= 11 is 0. The second kappa shape index (κ2) is 29.4. The van der Waals surface area contributed by atoms with Crippen molar-refractivity contribution < 1.29 is 55.6 Å². The summed E-state index contributed by atoms with van der Waals surface area (Å²) in [6.07, 6.45) is 21.3. The maximum absolute atomic E-state index is 15.7. The Bertz CT molecular complexity index is 4010. The van der Waals surface area contributed by atoms with E-state index in [9.17, 15) is 30.2 Å². The van der Waals surface area contributed by atoms with Crippen molar-refractivity contribution in [3.05, 3.63) is 109 Å². The molecule has 2 aromatic heterocycles. The number of ether oxygens (including phenoxy) is 6. The van der Waals surface area contributed by atoms with Gasteiger partial charge in [0, 0.05) is 84.0 Å². The van der Waals surface area contributed by atoms with E-state index in [0.717, 1.165) is 103 Å². The summed E-state index contributed by atoms with van der Waals surface area (Å²) in [4.78, 5) is 61.9. The molecule has 28 nitrogen and oxygen atoms in total. The number of hydrogen-bond acceptors (Lipinski definition) is 18. The minimum Gasteiger partial charge on any atom is -0.352 e. The van der Waals surface area contributed by atoms with Crippen LogP contribution < -0.4 is 32.7 Å². The van der Waals surface area contributed by atoms with Crippen molar-refractivity contribution in [2.45, 2.75) is 283 Å². The van der Waals surface area contributed by atoms with Crippen LogP contribution in [-0.4, -0.2) is 119 Å². The minimum absolute atomic E-state index is 0.0710. The lowest BCUT2D eigenvalue weighted by Crippen LogP contribution is -2.52. The highest BCUT2D eigenvalue weighted by atomic mass is 31.2. The molecule has 4 unspecified atom stereocenters. The third-order valence-corrected chi connectivity index (χ3v) is 34.3. The van der Waals surface area contributed by atoms with E-state index in [2.05, 4.69) is 108 Å². The second-order valence-corrected chi connectivity index (χ2v) is 40.4. The van der Waals surface area contributed by atoms with Crippen LogP contribution in [0.1, 0.15) is 220 Å². The van der Waals surface area contributed by atoms with Crippen LogP contribution in [0.25, 0.3) is 20.9 Å². The summed E-state index contributed by atoms with van der Waals surface area (Å²) < 4.78 is 100. The number of hydrogen-bond donors (Lipinski definition) is 4. The van der Waals surface area contributed by atoms with Gasteiger partial charge in [0.1, 0.15) is 12.5 Å². The first-order valence-corrected chi connectivity index (χ1v) is 44.0. The van der Waals surface area contributed by atoms with Crippen LogP contribution in [0.2, 0.25) is 0 Å². The van der Waals surface area contributed by atoms with Crippen LogP contribution in [0, 0.1) is 107 Å². The van der Waals surface area contributed by atoms with E-state index in [0.29, 0.717) is 110 Å². The number of aryl methyl sites for hydroxylation is 2. The Morgan fingerprint density at radius 3 is 1.38 bits per heavy atom. The molecule has 14 aliphatic rings. The van der Waals surface area contributed by atoms with Crippen molar-refractivity contribution in [3.63, 3.8) is 0 Å². The number of aromatic amines is 2. The molecule has 108 heavy (non-hydrogen) atoms. The Morgan fingerprint density at radius 2 is 0.991 bits per heavy atom. The fourth-order valence-corrected chi connectivity index (χ4v) is 28.3. The van der Waals surface area contributed by atoms with Crippen molar-refractivity contribution in [3.8, 4) is 0 Å². The average Bonchev–Trinajstić information content (AvgIpc) is 1.52. The first-order chi connectivity index (χ1) is 51.5. The maximum Gasteiger partial charge on any atom is 0.405 e. The molecule has 12 fully saturated rings. The molecule has 30 atom stereocenters. The molecule has 4 N–H and O–H groups in total. The quantitative estimate of drug-likeness (QED) is 0.0225. The largest absolute Gasteiger partial charge is 0.405 e. The molecule has 30 heteroatoms. The Balaban J connectivity index is 0.603. The van der Waals surface area contributed by atoms with Gasteiger partial charge in [0.2, 0.25) is 0 Å². The zero-order chi connectivity index (χ0) is 75.8. The maximum atomic E-state index is 15.7. The number of H-pyrrole nitrogens is 2. The lowest BCUT2D eigenvalue weighted by Gasteiger charge is -2.58. The van der Waals surface area contributed by atoms with E-state index in [1.54, 1.807) is 13.8 Å². The Morgan fingerprint density at radius 1 is 0.574 bits per heavy atom. The SMILES string of the molecule is Cc1cn([C@H]2C[C@H](N=[N+]=[N-])[C@@H](COP(=O)(NCCCCNP(=O)(OC[C@H]3O[C@@H](n4cc(C)c(=O)[nH]c4=O)C[C@@H]3N=[N+]=[N-])OC3CC[C@@]4(C)C(=CC[C@H]5[C@@H]6C[C@@H]7O[C@]8(CC[C@@H](C)CO8)[C@@H](C)[C@@H]7[C@@]6(C)CC[C@@H]54)C3)OC3CC[C@@]4(C)C(=CC[C@H]5[C@@H]6C[C@@H]7O[C@]8(CC[C@@H](C)CO8)[C@@H](C)[C@@H]7[C@@]6(C)CC[C@@H]54)C3)O2)c(=O)[nH]c1=O. The van der Waals surface area contributed by atoms with Crippen molar-refractivity contribution in [1.82, 2.24) is 29.3 Å². The van der Waals surface area contributed by atoms with Gasteiger partial charge in [-0.25, -0.2) is 28.9 Å². The highest BCUT2D eigenvalue weighted by Crippen LogP contribution is 2.73. The van der Waals surface area contributed by atoms with Gasteiger partial charge in [-0.05, 0) is 221 Å². The van der Waals surface area contributed by atoms with Gasteiger partial charge in [0.05, 0.1) is 75.1 Å². The fraction of sp³-hybridized carbons (Fsp3) is 0.846. The van der Waals surface area contributed by atoms with E-state index >= 15 is 9.13 Å². The van der Waals surface area contributed by atoms with Gasteiger partial charge in [-0.3, -0.25) is 46.8 Å². The second-order valence-electron chi connectivity index (χ2n) is 36.8. The molecular weight excluding hydrogens is 1420 g/mol.